The van der Waals surface area contributed by atoms with Crippen molar-refractivity contribution in [1.82, 2.24) is 24.8 Å². The number of aromatic nitrogens is 4. The maximum absolute atomic E-state index is 12.5. The minimum atomic E-state index is -0.0631. The molecule has 0 radical (unpaired) electrons. The van der Waals surface area contributed by atoms with Crippen LogP contribution in [0.4, 0.5) is 0 Å². The number of carbonyl (C=O) groups is 1. The highest BCUT2D eigenvalue weighted by Crippen LogP contribution is 2.28. The first-order chi connectivity index (χ1) is 14.6. The summed E-state index contributed by atoms with van der Waals surface area (Å²) in [5, 5.41) is 12.2. The van der Waals surface area contributed by atoms with Crippen molar-refractivity contribution < 1.29 is 4.79 Å². The molecule has 0 spiro atoms. The zero-order valence-electron chi connectivity index (χ0n) is 16.3. The van der Waals surface area contributed by atoms with Crippen molar-refractivity contribution in [1.29, 1.82) is 5.26 Å². The first kappa shape index (κ1) is 18.0. The van der Waals surface area contributed by atoms with Crippen LogP contribution in [0.15, 0.2) is 55.1 Å². The maximum atomic E-state index is 12.5. The first-order valence-corrected chi connectivity index (χ1v) is 9.74. The van der Waals surface area contributed by atoms with Crippen LogP contribution in [-0.2, 0) is 0 Å². The Morgan fingerprint density at radius 1 is 1.17 bits per heavy atom. The number of benzene rings is 2. The molecule has 1 N–H and O–H groups in total. The average molecular weight is 394 g/mol. The number of hydrogen-bond acceptors (Lipinski definition) is 5. The zero-order valence-corrected chi connectivity index (χ0v) is 16.3. The Morgan fingerprint density at radius 3 is 2.83 bits per heavy atom. The molecule has 0 aliphatic heterocycles. The monoisotopic (exact) mass is 394 g/mol. The van der Waals surface area contributed by atoms with Gasteiger partial charge in [-0.3, -0.25) is 9.36 Å². The summed E-state index contributed by atoms with van der Waals surface area (Å²) in [4.78, 5) is 25.9. The Bertz CT molecular complexity index is 1330. The van der Waals surface area contributed by atoms with Gasteiger partial charge in [0.15, 0.2) is 5.65 Å². The molecule has 1 saturated carbocycles. The van der Waals surface area contributed by atoms with Gasteiger partial charge in [-0.2, -0.15) is 5.26 Å². The molecular formula is C23H18N6O. The van der Waals surface area contributed by atoms with Crippen LogP contribution in [0.2, 0.25) is 0 Å². The normalized spacial score (nSPS) is 13.2. The predicted molar refractivity (Wildman–Crippen MR) is 112 cm³/mol. The number of aryl methyl sites for hydroxylation is 1. The van der Waals surface area contributed by atoms with E-state index in [-0.39, 0.29) is 5.91 Å². The largest absolute Gasteiger partial charge is 0.349 e. The van der Waals surface area contributed by atoms with Crippen molar-refractivity contribution in [2.24, 2.45) is 0 Å². The van der Waals surface area contributed by atoms with E-state index in [1.165, 1.54) is 6.33 Å². The number of fused-ring (bicyclic) bond motifs is 1. The second-order valence-electron chi connectivity index (χ2n) is 7.45. The van der Waals surface area contributed by atoms with E-state index in [4.69, 9.17) is 0 Å². The Balaban J connectivity index is 1.61. The summed E-state index contributed by atoms with van der Waals surface area (Å²) < 4.78 is 1.87. The smallest absolute Gasteiger partial charge is 0.251 e. The van der Waals surface area contributed by atoms with E-state index in [9.17, 15) is 10.1 Å². The molecule has 7 heteroatoms. The van der Waals surface area contributed by atoms with Crippen LogP contribution >= 0.6 is 0 Å². The van der Waals surface area contributed by atoms with Gasteiger partial charge in [0.05, 0.1) is 17.3 Å². The summed E-state index contributed by atoms with van der Waals surface area (Å²) in [6, 6.07) is 15.4. The van der Waals surface area contributed by atoms with Crippen LogP contribution < -0.4 is 5.32 Å². The van der Waals surface area contributed by atoms with Crippen LogP contribution in [0.3, 0.4) is 0 Å². The fourth-order valence-electron chi connectivity index (χ4n) is 3.46. The van der Waals surface area contributed by atoms with E-state index in [2.05, 4.69) is 26.3 Å². The molecule has 146 valence electrons. The van der Waals surface area contributed by atoms with E-state index < -0.39 is 0 Å². The second kappa shape index (κ2) is 7.08. The first-order valence-electron chi connectivity index (χ1n) is 9.74. The average Bonchev–Trinajstić information content (AvgIpc) is 3.49. The highest BCUT2D eigenvalue weighted by Gasteiger charge is 2.24. The molecule has 4 aromatic rings. The van der Waals surface area contributed by atoms with E-state index in [1.807, 2.05) is 41.8 Å². The van der Waals surface area contributed by atoms with Gasteiger partial charge in [-0.1, -0.05) is 18.2 Å². The third-order valence-corrected chi connectivity index (χ3v) is 5.24. The van der Waals surface area contributed by atoms with Gasteiger partial charge in [-0.05, 0) is 49.6 Å². The molecule has 2 aromatic carbocycles. The van der Waals surface area contributed by atoms with E-state index in [0.717, 1.165) is 29.7 Å². The van der Waals surface area contributed by atoms with Gasteiger partial charge in [0, 0.05) is 17.2 Å². The van der Waals surface area contributed by atoms with Crippen LogP contribution in [-0.4, -0.2) is 31.5 Å². The fraction of sp³-hybridized carbons (Fsp3) is 0.174. The van der Waals surface area contributed by atoms with Gasteiger partial charge in [0.2, 0.25) is 0 Å². The van der Waals surface area contributed by atoms with Crippen molar-refractivity contribution in [2.45, 2.75) is 25.8 Å². The highest BCUT2D eigenvalue weighted by molar-refractivity contribution is 5.95. The molecule has 0 bridgehead atoms. The van der Waals surface area contributed by atoms with Gasteiger partial charge in [-0.25, -0.2) is 15.0 Å². The van der Waals surface area contributed by atoms with Gasteiger partial charge < -0.3 is 5.32 Å². The van der Waals surface area contributed by atoms with E-state index >= 15 is 0 Å². The van der Waals surface area contributed by atoms with Crippen LogP contribution in [0, 0.1) is 18.3 Å². The summed E-state index contributed by atoms with van der Waals surface area (Å²) in [6.07, 6.45) is 5.28. The quantitative estimate of drug-likeness (QED) is 0.571. The topological polar surface area (TPSA) is 96.5 Å². The molecule has 2 heterocycles. The molecule has 0 atom stereocenters. The number of nitriles is 1. The molecule has 0 saturated heterocycles. The lowest BCUT2D eigenvalue weighted by atomic mass is 10.1. The van der Waals surface area contributed by atoms with Gasteiger partial charge in [0.1, 0.15) is 23.9 Å². The van der Waals surface area contributed by atoms with Crippen LogP contribution in [0.5, 0.6) is 0 Å². The van der Waals surface area contributed by atoms with Crippen LogP contribution in [0.1, 0.15) is 34.3 Å². The predicted octanol–water partition coefficient (Wildman–Crippen LogP) is 3.55. The lowest BCUT2D eigenvalue weighted by Crippen LogP contribution is -2.25. The molecule has 7 nitrogen and oxygen atoms in total. The third kappa shape index (κ3) is 3.18. The van der Waals surface area contributed by atoms with Gasteiger partial charge >= 0.3 is 0 Å². The molecule has 1 amide bonds. The highest BCUT2D eigenvalue weighted by atomic mass is 16.1. The van der Waals surface area contributed by atoms with E-state index in [0.29, 0.717) is 34.0 Å². The molecule has 0 unspecified atom stereocenters. The summed E-state index contributed by atoms with van der Waals surface area (Å²) in [5.41, 5.74) is 5.77. The molecule has 5 rings (SSSR count). The summed E-state index contributed by atoms with van der Waals surface area (Å²) in [5.74, 6) is -0.0631. The van der Waals surface area contributed by atoms with Gasteiger partial charge in [0.25, 0.3) is 5.91 Å². The second-order valence-corrected chi connectivity index (χ2v) is 7.45. The lowest BCUT2D eigenvalue weighted by Gasteiger charge is -2.11. The van der Waals surface area contributed by atoms with Gasteiger partial charge in [-0.15, -0.1) is 0 Å². The summed E-state index contributed by atoms with van der Waals surface area (Å²) in [7, 11) is 0. The Kier molecular flexibility index (Phi) is 4.25. The number of nitrogens with one attached hydrogen (secondary N) is 1. The zero-order chi connectivity index (χ0) is 20.7. The summed E-state index contributed by atoms with van der Waals surface area (Å²) >= 11 is 0. The minimum Gasteiger partial charge on any atom is -0.349 e. The third-order valence-electron chi connectivity index (χ3n) is 5.24. The number of rotatable bonds is 4. The number of amides is 1. The minimum absolute atomic E-state index is 0.0631. The van der Waals surface area contributed by atoms with Crippen molar-refractivity contribution in [3.8, 4) is 23.0 Å². The van der Waals surface area contributed by atoms with Crippen LogP contribution in [0.25, 0.3) is 28.1 Å². The number of imidazole rings is 1. The SMILES string of the molecule is Cc1ccc(C(=O)NC2CC2)cc1-n1cnc2c(-c3cccc(C#N)c3)ncnc21. The Labute approximate surface area is 173 Å². The summed E-state index contributed by atoms with van der Waals surface area (Å²) in [6.45, 7) is 1.99. The molecule has 1 fully saturated rings. The van der Waals surface area contributed by atoms with E-state index in [1.54, 1.807) is 18.5 Å². The standard InChI is InChI=1S/C23H18N6O/c1-14-5-6-17(23(30)28-18-7-8-18)10-19(14)29-13-27-21-20(25-12-26-22(21)29)16-4-2-3-15(9-16)11-24/h2-6,9-10,12-13,18H,7-8H2,1H3,(H,28,30). The molecule has 30 heavy (non-hydrogen) atoms. The molecule has 1 aliphatic rings. The number of carbonyl (C=O) groups excluding carboxylic acids is 1. The van der Waals surface area contributed by atoms with Crippen molar-refractivity contribution in [2.75, 3.05) is 0 Å². The molecule has 2 aromatic heterocycles. The van der Waals surface area contributed by atoms with Crippen molar-refractivity contribution in [3.05, 3.63) is 71.8 Å². The fourth-order valence-corrected chi connectivity index (χ4v) is 3.46. The lowest BCUT2D eigenvalue weighted by molar-refractivity contribution is 0.0951. The Morgan fingerprint density at radius 2 is 2.03 bits per heavy atom. The molecule has 1 aliphatic carbocycles. The van der Waals surface area contributed by atoms with Crippen molar-refractivity contribution >= 4 is 17.1 Å². The van der Waals surface area contributed by atoms with Crippen molar-refractivity contribution in [3.63, 3.8) is 0 Å². The molecular weight excluding hydrogens is 376 g/mol. The number of hydrogen-bond donors (Lipinski definition) is 1. The maximum Gasteiger partial charge on any atom is 0.251 e. The number of nitrogens with zero attached hydrogens (tertiary/aromatic N) is 5. The Hall–Kier alpha value is -4.05.